The molecular weight excluding hydrogens is 154 g/mol. The summed E-state index contributed by atoms with van der Waals surface area (Å²) in [5.41, 5.74) is 5.90. The summed E-state index contributed by atoms with van der Waals surface area (Å²) in [6.45, 7) is 3.81. The van der Waals surface area contributed by atoms with Crippen molar-refractivity contribution < 1.29 is 9.90 Å². The van der Waals surface area contributed by atoms with Gasteiger partial charge in [-0.25, -0.2) is 4.79 Å². The lowest BCUT2D eigenvalue weighted by molar-refractivity contribution is -0.132. The minimum Gasteiger partial charge on any atom is -0.478 e. The first-order valence-corrected chi connectivity index (χ1v) is 4.27. The predicted octanol–water partition coefficient (Wildman–Crippen LogP) is 1.53. The summed E-state index contributed by atoms with van der Waals surface area (Å²) in [5.74, 6) is -0.847. The SMILES string of the molecule is CCCCC(=CC(C)N)C(=O)O. The molecule has 0 radical (unpaired) electrons. The molecule has 1 atom stereocenters. The van der Waals surface area contributed by atoms with Gasteiger partial charge in [-0.2, -0.15) is 0 Å². The minimum atomic E-state index is -0.847. The molecule has 3 N–H and O–H groups in total. The number of carboxylic acids is 1. The minimum absolute atomic E-state index is 0.173. The molecule has 0 aliphatic rings. The van der Waals surface area contributed by atoms with E-state index in [-0.39, 0.29) is 6.04 Å². The summed E-state index contributed by atoms with van der Waals surface area (Å²) in [7, 11) is 0. The van der Waals surface area contributed by atoms with Crippen molar-refractivity contribution in [1.82, 2.24) is 0 Å². The highest BCUT2D eigenvalue weighted by Gasteiger charge is 2.06. The van der Waals surface area contributed by atoms with Crippen LogP contribution >= 0.6 is 0 Å². The zero-order valence-corrected chi connectivity index (χ0v) is 7.71. The first-order chi connectivity index (χ1) is 5.57. The molecule has 0 aliphatic carbocycles. The number of unbranched alkanes of at least 4 members (excludes halogenated alkanes) is 1. The Morgan fingerprint density at radius 2 is 2.25 bits per heavy atom. The molecule has 0 spiro atoms. The maximum Gasteiger partial charge on any atom is 0.331 e. The lowest BCUT2D eigenvalue weighted by atomic mass is 10.1. The standard InChI is InChI=1S/C9H17NO2/c1-3-4-5-8(9(11)12)6-7(2)10/h6-7H,3-5,10H2,1-2H3,(H,11,12). The van der Waals surface area contributed by atoms with E-state index in [0.717, 1.165) is 12.8 Å². The second-order valence-electron chi connectivity index (χ2n) is 2.96. The number of nitrogens with two attached hydrogens (primary N) is 1. The van der Waals surface area contributed by atoms with E-state index >= 15 is 0 Å². The Hall–Kier alpha value is -0.830. The van der Waals surface area contributed by atoms with Gasteiger partial charge in [0.15, 0.2) is 0 Å². The van der Waals surface area contributed by atoms with Crippen molar-refractivity contribution in [2.24, 2.45) is 5.73 Å². The Balaban J connectivity index is 4.13. The van der Waals surface area contributed by atoms with Gasteiger partial charge in [0.2, 0.25) is 0 Å². The summed E-state index contributed by atoms with van der Waals surface area (Å²) in [4.78, 5) is 10.6. The average molecular weight is 171 g/mol. The molecule has 0 fully saturated rings. The van der Waals surface area contributed by atoms with Crippen LogP contribution in [-0.4, -0.2) is 17.1 Å². The maximum absolute atomic E-state index is 10.6. The van der Waals surface area contributed by atoms with E-state index in [1.807, 2.05) is 6.92 Å². The molecule has 0 aliphatic heterocycles. The summed E-state index contributed by atoms with van der Waals surface area (Å²) in [6, 6.07) is -0.173. The van der Waals surface area contributed by atoms with Crippen LogP contribution in [0.15, 0.2) is 11.6 Å². The van der Waals surface area contributed by atoms with Crippen molar-refractivity contribution in [3.63, 3.8) is 0 Å². The van der Waals surface area contributed by atoms with Gasteiger partial charge in [-0.1, -0.05) is 19.4 Å². The molecule has 0 heterocycles. The summed E-state index contributed by atoms with van der Waals surface area (Å²) >= 11 is 0. The predicted molar refractivity (Wildman–Crippen MR) is 48.9 cm³/mol. The van der Waals surface area contributed by atoms with Gasteiger partial charge in [-0.05, 0) is 19.8 Å². The number of aliphatic carboxylic acids is 1. The molecule has 0 aromatic rings. The van der Waals surface area contributed by atoms with Gasteiger partial charge in [-0.3, -0.25) is 0 Å². The Kier molecular flexibility index (Phi) is 5.37. The Morgan fingerprint density at radius 1 is 1.67 bits per heavy atom. The normalized spacial score (nSPS) is 14.4. The summed E-state index contributed by atoms with van der Waals surface area (Å²) < 4.78 is 0. The van der Waals surface area contributed by atoms with Crippen molar-refractivity contribution in [2.75, 3.05) is 0 Å². The molecule has 0 saturated carbocycles. The first kappa shape index (κ1) is 11.2. The molecule has 0 rings (SSSR count). The monoisotopic (exact) mass is 171 g/mol. The van der Waals surface area contributed by atoms with Crippen molar-refractivity contribution >= 4 is 5.97 Å². The van der Waals surface area contributed by atoms with Gasteiger partial charge in [0.1, 0.15) is 0 Å². The first-order valence-electron chi connectivity index (χ1n) is 4.27. The molecule has 0 saturated heterocycles. The van der Waals surface area contributed by atoms with E-state index in [9.17, 15) is 4.79 Å². The Morgan fingerprint density at radius 3 is 2.58 bits per heavy atom. The van der Waals surface area contributed by atoms with Gasteiger partial charge in [0.25, 0.3) is 0 Å². The fraction of sp³-hybridized carbons (Fsp3) is 0.667. The van der Waals surface area contributed by atoms with Crippen LogP contribution in [0.3, 0.4) is 0 Å². The topological polar surface area (TPSA) is 63.3 Å². The average Bonchev–Trinajstić information content (AvgIpc) is 1.96. The molecule has 3 heteroatoms. The Labute approximate surface area is 73.3 Å². The fourth-order valence-electron chi connectivity index (χ4n) is 0.946. The maximum atomic E-state index is 10.6. The zero-order valence-electron chi connectivity index (χ0n) is 7.71. The second kappa shape index (κ2) is 5.77. The largest absolute Gasteiger partial charge is 0.478 e. The van der Waals surface area contributed by atoms with E-state index in [0.29, 0.717) is 12.0 Å². The van der Waals surface area contributed by atoms with Crippen molar-refractivity contribution in [2.45, 2.75) is 39.2 Å². The lowest BCUT2D eigenvalue weighted by Crippen LogP contribution is -2.14. The van der Waals surface area contributed by atoms with E-state index in [4.69, 9.17) is 10.8 Å². The van der Waals surface area contributed by atoms with Crippen LogP contribution in [0.2, 0.25) is 0 Å². The third-order valence-corrected chi connectivity index (χ3v) is 1.54. The summed E-state index contributed by atoms with van der Waals surface area (Å²) in [5, 5.41) is 8.72. The quantitative estimate of drug-likeness (QED) is 0.617. The molecule has 1 unspecified atom stereocenters. The van der Waals surface area contributed by atoms with Crippen molar-refractivity contribution in [1.29, 1.82) is 0 Å². The van der Waals surface area contributed by atoms with Crippen LogP contribution in [-0.2, 0) is 4.79 Å². The van der Waals surface area contributed by atoms with E-state index in [2.05, 4.69) is 0 Å². The Bertz CT molecular complexity index is 173. The molecular formula is C9H17NO2. The highest BCUT2D eigenvalue weighted by atomic mass is 16.4. The van der Waals surface area contributed by atoms with Crippen molar-refractivity contribution in [3.8, 4) is 0 Å². The molecule has 12 heavy (non-hydrogen) atoms. The highest BCUT2D eigenvalue weighted by Crippen LogP contribution is 2.07. The molecule has 3 nitrogen and oxygen atoms in total. The van der Waals surface area contributed by atoms with Crippen LogP contribution in [0.25, 0.3) is 0 Å². The summed E-state index contributed by atoms with van der Waals surface area (Å²) in [6.07, 6.45) is 4.14. The van der Waals surface area contributed by atoms with Crippen LogP contribution < -0.4 is 5.73 Å². The molecule has 0 bridgehead atoms. The third kappa shape index (κ3) is 4.91. The van der Waals surface area contributed by atoms with Crippen LogP contribution in [0.4, 0.5) is 0 Å². The molecule has 0 aromatic carbocycles. The van der Waals surface area contributed by atoms with Gasteiger partial charge in [0.05, 0.1) is 0 Å². The van der Waals surface area contributed by atoms with E-state index < -0.39 is 5.97 Å². The van der Waals surface area contributed by atoms with Crippen LogP contribution in [0.1, 0.15) is 33.1 Å². The van der Waals surface area contributed by atoms with Gasteiger partial charge in [0, 0.05) is 11.6 Å². The van der Waals surface area contributed by atoms with Crippen LogP contribution in [0.5, 0.6) is 0 Å². The van der Waals surface area contributed by atoms with Gasteiger partial charge < -0.3 is 10.8 Å². The molecule has 70 valence electrons. The number of hydrogen-bond donors (Lipinski definition) is 2. The fourth-order valence-corrected chi connectivity index (χ4v) is 0.946. The highest BCUT2D eigenvalue weighted by molar-refractivity contribution is 5.86. The number of carbonyl (C=O) groups is 1. The van der Waals surface area contributed by atoms with E-state index in [1.54, 1.807) is 13.0 Å². The van der Waals surface area contributed by atoms with E-state index in [1.165, 1.54) is 0 Å². The number of carboxylic acid groups (broad SMARTS) is 1. The van der Waals surface area contributed by atoms with Crippen LogP contribution in [0, 0.1) is 0 Å². The van der Waals surface area contributed by atoms with Gasteiger partial charge in [-0.15, -0.1) is 0 Å². The molecule has 0 amide bonds. The zero-order chi connectivity index (χ0) is 9.56. The number of rotatable bonds is 5. The third-order valence-electron chi connectivity index (χ3n) is 1.54. The van der Waals surface area contributed by atoms with Crippen molar-refractivity contribution in [3.05, 3.63) is 11.6 Å². The number of hydrogen-bond acceptors (Lipinski definition) is 2. The molecule has 0 aromatic heterocycles. The lowest BCUT2D eigenvalue weighted by Gasteiger charge is -2.02. The van der Waals surface area contributed by atoms with Gasteiger partial charge >= 0.3 is 5.97 Å². The smallest absolute Gasteiger partial charge is 0.331 e. The second-order valence-corrected chi connectivity index (χ2v) is 2.96.